The monoisotopic (exact) mass is 347 g/mol. The van der Waals surface area contributed by atoms with E-state index in [2.05, 4.69) is 9.97 Å². The van der Waals surface area contributed by atoms with E-state index in [0.29, 0.717) is 29.9 Å². The highest BCUT2D eigenvalue weighted by Crippen LogP contribution is 2.17. The Morgan fingerprint density at radius 3 is 2.75 bits per heavy atom. The number of benzene rings is 1. The van der Waals surface area contributed by atoms with Gasteiger partial charge in [0.05, 0.1) is 6.54 Å². The number of carbonyl (C=O) groups excluding carboxylic acids is 1. The fourth-order valence-corrected chi connectivity index (χ4v) is 2.65. The molecule has 1 atom stereocenters. The van der Waals surface area contributed by atoms with Gasteiger partial charge in [0.15, 0.2) is 6.61 Å². The summed E-state index contributed by atoms with van der Waals surface area (Å²) >= 11 is 5.82. The molecule has 2 heterocycles. The van der Waals surface area contributed by atoms with Crippen molar-refractivity contribution in [2.24, 2.45) is 0 Å². The average Bonchev–Trinajstić information content (AvgIpc) is 2.62. The van der Waals surface area contributed by atoms with Gasteiger partial charge in [0.2, 0.25) is 0 Å². The molecule has 6 nitrogen and oxygen atoms in total. The molecule has 126 valence electrons. The van der Waals surface area contributed by atoms with Crippen LogP contribution in [0.1, 0.15) is 12.8 Å². The van der Waals surface area contributed by atoms with Crippen molar-refractivity contribution in [2.45, 2.75) is 18.9 Å². The van der Waals surface area contributed by atoms with E-state index in [0.717, 1.165) is 12.8 Å². The molecule has 1 fully saturated rings. The lowest BCUT2D eigenvalue weighted by atomic mass is 10.1. The molecule has 1 saturated heterocycles. The van der Waals surface area contributed by atoms with Crippen LogP contribution in [0, 0.1) is 0 Å². The van der Waals surface area contributed by atoms with Crippen LogP contribution < -0.4 is 9.47 Å². The summed E-state index contributed by atoms with van der Waals surface area (Å²) in [5, 5.41) is 0.632. The Bertz CT molecular complexity index is 667. The summed E-state index contributed by atoms with van der Waals surface area (Å²) in [5.41, 5.74) is 0. The maximum absolute atomic E-state index is 12.3. The Hall–Kier alpha value is -2.34. The van der Waals surface area contributed by atoms with Crippen LogP contribution >= 0.6 is 11.6 Å². The normalized spacial score (nSPS) is 17.4. The number of carbonyl (C=O) groups is 1. The van der Waals surface area contributed by atoms with Gasteiger partial charge >= 0.3 is 6.01 Å². The number of hydrogen-bond acceptors (Lipinski definition) is 5. The Morgan fingerprint density at radius 1 is 1.25 bits per heavy atom. The molecule has 0 N–H and O–H groups in total. The van der Waals surface area contributed by atoms with E-state index in [4.69, 9.17) is 21.1 Å². The van der Waals surface area contributed by atoms with Crippen molar-refractivity contribution in [1.82, 2.24) is 14.9 Å². The highest BCUT2D eigenvalue weighted by atomic mass is 35.5. The molecule has 0 spiro atoms. The first kappa shape index (κ1) is 16.5. The molecule has 0 bridgehead atoms. The van der Waals surface area contributed by atoms with Gasteiger partial charge in [0.1, 0.15) is 11.9 Å². The topological polar surface area (TPSA) is 64.5 Å². The number of halogens is 1. The summed E-state index contributed by atoms with van der Waals surface area (Å²) in [6, 6.07) is 9.01. The zero-order valence-corrected chi connectivity index (χ0v) is 13.9. The highest BCUT2D eigenvalue weighted by Gasteiger charge is 2.25. The number of likely N-dealkylation sites (tertiary alicyclic amines) is 1. The first-order chi connectivity index (χ1) is 11.7. The van der Waals surface area contributed by atoms with E-state index in [9.17, 15) is 4.79 Å². The van der Waals surface area contributed by atoms with Crippen LogP contribution in [-0.2, 0) is 4.79 Å². The quantitative estimate of drug-likeness (QED) is 0.831. The lowest BCUT2D eigenvalue weighted by molar-refractivity contribution is -0.136. The van der Waals surface area contributed by atoms with Gasteiger partial charge in [-0.1, -0.05) is 11.6 Å². The molecule has 1 aromatic heterocycles. The largest absolute Gasteiger partial charge is 0.484 e. The average molecular weight is 348 g/mol. The summed E-state index contributed by atoms with van der Waals surface area (Å²) in [4.78, 5) is 22.2. The van der Waals surface area contributed by atoms with E-state index < -0.39 is 0 Å². The van der Waals surface area contributed by atoms with Gasteiger partial charge in [-0.2, -0.15) is 0 Å². The predicted molar refractivity (Wildman–Crippen MR) is 89.2 cm³/mol. The summed E-state index contributed by atoms with van der Waals surface area (Å²) in [6.45, 7) is 1.22. The van der Waals surface area contributed by atoms with Crippen molar-refractivity contribution in [1.29, 1.82) is 0 Å². The van der Waals surface area contributed by atoms with Crippen molar-refractivity contribution in [3.63, 3.8) is 0 Å². The molecule has 1 aromatic carbocycles. The first-order valence-corrected chi connectivity index (χ1v) is 8.18. The molecule has 2 aromatic rings. The van der Waals surface area contributed by atoms with Gasteiger partial charge in [-0.15, -0.1) is 0 Å². The Balaban J connectivity index is 1.50. The SMILES string of the molecule is O=C(COc1ccc(Cl)cc1)N1CCC[C@H](Oc2ncccn2)C1. The van der Waals surface area contributed by atoms with Crippen LogP contribution in [0.5, 0.6) is 11.8 Å². The van der Waals surface area contributed by atoms with Gasteiger partial charge < -0.3 is 14.4 Å². The number of amides is 1. The Labute approximate surface area is 145 Å². The molecular weight excluding hydrogens is 330 g/mol. The van der Waals surface area contributed by atoms with E-state index in [1.54, 1.807) is 47.6 Å². The molecule has 0 saturated carbocycles. The van der Waals surface area contributed by atoms with Crippen molar-refractivity contribution in [3.8, 4) is 11.8 Å². The maximum Gasteiger partial charge on any atom is 0.316 e. The second kappa shape index (κ2) is 7.97. The third-order valence-electron chi connectivity index (χ3n) is 3.72. The Kier molecular flexibility index (Phi) is 5.48. The number of piperidine rings is 1. The number of nitrogens with zero attached hydrogens (tertiary/aromatic N) is 3. The van der Waals surface area contributed by atoms with Gasteiger partial charge in [-0.25, -0.2) is 9.97 Å². The first-order valence-electron chi connectivity index (χ1n) is 7.80. The smallest absolute Gasteiger partial charge is 0.316 e. The third-order valence-corrected chi connectivity index (χ3v) is 3.97. The Morgan fingerprint density at radius 2 is 2.00 bits per heavy atom. The zero-order valence-electron chi connectivity index (χ0n) is 13.1. The zero-order chi connectivity index (χ0) is 16.8. The molecule has 7 heteroatoms. The van der Waals surface area contributed by atoms with Gasteiger partial charge in [-0.3, -0.25) is 4.79 Å². The molecule has 1 aliphatic heterocycles. The molecule has 1 aliphatic rings. The lowest BCUT2D eigenvalue weighted by Gasteiger charge is -2.32. The molecule has 0 radical (unpaired) electrons. The van der Waals surface area contributed by atoms with Crippen molar-refractivity contribution < 1.29 is 14.3 Å². The highest BCUT2D eigenvalue weighted by molar-refractivity contribution is 6.30. The standard InChI is InChI=1S/C17H18ClN3O3/c18-13-4-6-14(7-5-13)23-12-16(22)21-10-1-3-15(11-21)24-17-19-8-2-9-20-17/h2,4-9,15H,1,3,10-12H2/t15-/m0/s1. The molecule has 24 heavy (non-hydrogen) atoms. The van der Waals surface area contributed by atoms with Crippen LogP contribution in [0.25, 0.3) is 0 Å². The van der Waals surface area contributed by atoms with Crippen LogP contribution in [-0.4, -0.2) is 46.6 Å². The molecule has 0 aliphatic carbocycles. The molecule has 3 rings (SSSR count). The van der Waals surface area contributed by atoms with Gasteiger partial charge in [-0.05, 0) is 43.2 Å². The van der Waals surface area contributed by atoms with Crippen LogP contribution in [0.2, 0.25) is 5.02 Å². The minimum atomic E-state index is -0.0966. The maximum atomic E-state index is 12.3. The number of hydrogen-bond donors (Lipinski definition) is 0. The van der Waals surface area contributed by atoms with E-state index in [1.165, 1.54) is 0 Å². The third kappa shape index (κ3) is 4.58. The fourth-order valence-electron chi connectivity index (χ4n) is 2.52. The van der Waals surface area contributed by atoms with E-state index >= 15 is 0 Å². The lowest BCUT2D eigenvalue weighted by Crippen LogP contribution is -2.46. The van der Waals surface area contributed by atoms with Gasteiger partial charge in [0.25, 0.3) is 5.91 Å². The molecular formula is C17H18ClN3O3. The van der Waals surface area contributed by atoms with E-state index in [-0.39, 0.29) is 18.6 Å². The van der Waals surface area contributed by atoms with Crippen LogP contribution in [0.15, 0.2) is 42.7 Å². The predicted octanol–water partition coefficient (Wildman–Crippen LogP) is 2.58. The number of aromatic nitrogens is 2. The second-order valence-corrected chi connectivity index (χ2v) is 5.93. The number of ether oxygens (including phenoxy) is 2. The minimum absolute atomic E-state index is 0.00378. The fraction of sp³-hybridized carbons (Fsp3) is 0.353. The van der Waals surface area contributed by atoms with Crippen LogP contribution in [0.4, 0.5) is 0 Å². The molecule has 1 amide bonds. The van der Waals surface area contributed by atoms with Crippen molar-refractivity contribution >= 4 is 17.5 Å². The van der Waals surface area contributed by atoms with Gasteiger partial charge in [0, 0.05) is 24.0 Å². The second-order valence-electron chi connectivity index (χ2n) is 5.50. The molecule has 0 unspecified atom stereocenters. The summed E-state index contributed by atoms with van der Waals surface area (Å²) in [5.74, 6) is 0.558. The van der Waals surface area contributed by atoms with Crippen LogP contribution in [0.3, 0.4) is 0 Å². The summed E-state index contributed by atoms with van der Waals surface area (Å²) in [7, 11) is 0. The minimum Gasteiger partial charge on any atom is -0.484 e. The summed E-state index contributed by atoms with van der Waals surface area (Å²) < 4.78 is 11.3. The number of rotatable bonds is 5. The van der Waals surface area contributed by atoms with E-state index in [1.807, 2.05) is 0 Å². The van der Waals surface area contributed by atoms with Crippen molar-refractivity contribution in [3.05, 3.63) is 47.7 Å². The van der Waals surface area contributed by atoms with Crippen molar-refractivity contribution in [2.75, 3.05) is 19.7 Å². The summed E-state index contributed by atoms with van der Waals surface area (Å²) in [6.07, 6.45) is 4.92.